The van der Waals surface area contributed by atoms with Crippen LogP contribution in [-0.4, -0.2) is 12.4 Å². The highest BCUT2D eigenvalue weighted by molar-refractivity contribution is 5.06. The predicted molar refractivity (Wildman–Crippen MR) is 44.3 cm³/mol. The van der Waals surface area contributed by atoms with Gasteiger partial charge in [0.1, 0.15) is 0 Å². The summed E-state index contributed by atoms with van der Waals surface area (Å²) in [6.07, 6.45) is -8.84. The van der Waals surface area contributed by atoms with E-state index in [9.17, 15) is 26.3 Å². The van der Waals surface area contributed by atoms with Crippen LogP contribution in [0, 0.1) is 5.41 Å². The summed E-state index contributed by atoms with van der Waals surface area (Å²) in [6, 6.07) is 0. The zero-order valence-corrected chi connectivity index (χ0v) is 8.34. The summed E-state index contributed by atoms with van der Waals surface area (Å²) in [7, 11) is 0. The Labute approximate surface area is 84.0 Å². The number of hydrogen-bond donors (Lipinski definition) is 0. The number of rotatable bonds is 3. The normalized spacial score (nSPS) is 14.9. The first kappa shape index (κ1) is 14.3. The molecular weight excluding hydrogens is 222 g/mol. The maximum Gasteiger partial charge on any atom is 0.406 e. The molecule has 0 aromatic carbocycles. The zero-order chi connectivity index (χ0) is 12.3. The van der Waals surface area contributed by atoms with Crippen molar-refractivity contribution < 1.29 is 26.3 Å². The second-order valence-electron chi connectivity index (χ2n) is 3.39. The zero-order valence-electron chi connectivity index (χ0n) is 8.34. The number of hydrogen-bond acceptors (Lipinski definition) is 0. The van der Waals surface area contributed by atoms with Crippen molar-refractivity contribution in [3.05, 3.63) is 12.2 Å². The quantitative estimate of drug-likeness (QED) is 0.499. The van der Waals surface area contributed by atoms with Gasteiger partial charge in [-0.05, 0) is 13.3 Å². The molecule has 0 heterocycles. The van der Waals surface area contributed by atoms with Crippen molar-refractivity contribution in [1.29, 1.82) is 0 Å². The van der Waals surface area contributed by atoms with Crippen molar-refractivity contribution in [2.75, 3.05) is 0 Å². The standard InChI is InChI=1S/C9H12F6/c1-3-4-5-6-7(2,8(10,11)12)9(13,14)15/h5-6H,3-4H2,1-2H3. The van der Waals surface area contributed by atoms with Crippen molar-refractivity contribution in [3.8, 4) is 0 Å². The maximum absolute atomic E-state index is 12.3. The lowest BCUT2D eigenvalue weighted by molar-refractivity contribution is -0.314. The van der Waals surface area contributed by atoms with E-state index in [1.165, 1.54) is 0 Å². The van der Waals surface area contributed by atoms with Crippen LogP contribution >= 0.6 is 0 Å². The molecule has 6 heteroatoms. The number of halogens is 6. The van der Waals surface area contributed by atoms with Gasteiger partial charge in [-0.25, -0.2) is 0 Å². The van der Waals surface area contributed by atoms with Gasteiger partial charge in [0, 0.05) is 0 Å². The molecule has 0 fully saturated rings. The van der Waals surface area contributed by atoms with Gasteiger partial charge in [0.2, 0.25) is 0 Å². The molecule has 0 saturated carbocycles. The lowest BCUT2D eigenvalue weighted by Gasteiger charge is -2.31. The Morgan fingerprint density at radius 2 is 1.33 bits per heavy atom. The summed E-state index contributed by atoms with van der Waals surface area (Å²) in [5.74, 6) is 0. The highest BCUT2D eigenvalue weighted by atomic mass is 19.4. The van der Waals surface area contributed by atoms with E-state index in [1.807, 2.05) is 0 Å². The SMILES string of the molecule is CCCC=CC(C)(C(F)(F)F)C(F)(F)F. The van der Waals surface area contributed by atoms with E-state index in [1.54, 1.807) is 6.92 Å². The fourth-order valence-electron chi connectivity index (χ4n) is 0.835. The Morgan fingerprint density at radius 1 is 0.933 bits per heavy atom. The second-order valence-corrected chi connectivity index (χ2v) is 3.39. The molecule has 0 aliphatic heterocycles. The van der Waals surface area contributed by atoms with Crippen molar-refractivity contribution in [2.45, 2.75) is 39.0 Å². The lowest BCUT2D eigenvalue weighted by atomic mass is 9.88. The number of allylic oxidation sites excluding steroid dienone is 2. The predicted octanol–water partition coefficient (Wildman–Crippen LogP) is 4.47. The van der Waals surface area contributed by atoms with Gasteiger partial charge in [-0.3, -0.25) is 0 Å². The first-order valence-corrected chi connectivity index (χ1v) is 4.37. The van der Waals surface area contributed by atoms with Gasteiger partial charge in [0.15, 0.2) is 5.41 Å². The summed E-state index contributed by atoms with van der Waals surface area (Å²) < 4.78 is 73.5. The molecule has 0 unspecified atom stereocenters. The monoisotopic (exact) mass is 234 g/mol. The molecule has 0 aliphatic rings. The van der Waals surface area contributed by atoms with Crippen LogP contribution in [0.3, 0.4) is 0 Å². The van der Waals surface area contributed by atoms with Gasteiger partial charge in [0.25, 0.3) is 0 Å². The van der Waals surface area contributed by atoms with Crippen LogP contribution in [0.2, 0.25) is 0 Å². The van der Waals surface area contributed by atoms with Crippen molar-refractivity contribution >= 4 is 0 Å². The molecule has 0 atom stereocenters. The van der Waals surface area contributed by atoms with Gasteiger partial charge >= 0.3 is 12.4 Å². The minimum absolute atomic E-state index is 0.138. The van der Waals surface area contributed by atoms with Crippen molar-refractivity contribution in [2.24, 2.45) is 5.41 Å². The van der Waals surface area contributed by atoms with Crippen LogP contribution < -0.4 is 0 Å². The van der Waals surface area contributed by atoms with Crippen molar-refractivity contribution in [3.63, 3.8) is 0 Å². The number of unbranched alkanes of at least 4 members (excludes halogenated alkanes) is 1. The summed E-state index contributed by atoms with van der Waals surface area (Å²) in [5, 5.41) is 0. The van der Waals surface area contributed by atoms with Crippen molar-refractivity contribution in [1.82, 2.24) is 0 Å². The van der Waals surface area contributed by atoms with E-state index < -0.39 is 17.8 Å². The van der Waals surface area contributed by atoms with Gasteiger partial charge in [-0.15, -0.1) is 0 Å². The Hall–Kier alpha value is -0.680. The first-order valence-electron chi connectivity index (χ1n) is 4.37. The highest BCUT2D eigenvalue weighted by Gasteiger charge is 2.65. The van der Waals surface area contributed by atoms with E-state index in [0.717, 1.165) is 6.08 Å². The van der Waals surface area contributed by atoms with Crippen LogP contribution in [0.5, 0.6) is 0 Å². The summed E-state index contributed by atoms with van der Waals surface area (Å²) in [4.78, 5) is 0. The molecule has 0 spiro atoms. The Balaban J connectivity index is 5.06. The summed E-state index contributed by atoms with van der Waals surface area (Å²) in [6.45, 7) is 1.81. The second kappa shape index (κ2) is 4.45. The smallest absolute Gasteiger partial charge is 0.170 e. The molecule has 0 radical (unpaired) electrons. The van der Waals surface area contributed by atoms with Gasteiger partial charge in [-0.1, -0.05) is 25.5 Å². The number of alkyl halides is 6. The Morgan fingerprint density at radius 3 is 1.60 bits per heavy atom. The molecule has 0 amide bonds. The third-order valence-electron chi connectivity index (χ3n) is 2.08. The molecule has 15 heavy (non-hydrogen) atoms. The van der Waals surface area contributed by atoms with E-state index >= 15 is 0 Å². The molecule has 0 aliphatic carbocycles. The minimum Gasteiger partial charge on any atom is -0.170 e. The lowest BCUT2D eigenvalue weighted by Crippen LogP contribution is -2.46. The average molecular weight is 234 g/mol. The topological polar surface area (TPSA) is 0 Å². The largest absolute Gasteiger partial charge is 0.406 e. The van der Waals surface area contributed by atoms with Crippen LogP contribution in [0.15, 0.2) is 12.2 Å². The average Bonchev–Trinajstić information content (AvgIpc) is 2.00. The fourth-order valence-corrected chi connectivity index (χ4v) is 0.835. The third kappa shape index (κ3) is 3.14. The van der Waals surface area contributed by atoms with E-state index in [-0.39, 0.29) is 19.4 Å². The molecule has 0 rings (SSSR count). The molecule has 0 aromatic rings. The molecule has 0 aromatic heterocycles. The Kier molecular flexibility index (Phi) is 4.25. The molecule has 0 N–H and O–H groups in total. The van der Waals surface area contributed by atoms with Gasteiger partial charge in [-0.2, -0.15) is 26.3 Å². The maximum atomic E-state index is 12.3. The van der Waals surface area contributed by atoms with E-state index in [2.05, 4.69) is 0 Å². The molecule has 0 bridgehead atoms. The first-order chi connectivity index (χ1) is 6.56. The van der Waals surface area contributed by atoms with E-state index in [4.69, 9.17) is 0 Å². The van der Waals surface area contributed by atoms with Crippen LogP contribution in [-0.2, 0) is 0 Å². The van der Waals surface area contributed by atoms with E-state index in [0.29, 0.717) is 6.42 Å². The molecule has 0 saturated heterocycles. The van der Waals surface area contributed by atoms with Crippen LogP contribution in [0.1, 0.15) is 26.7 Å². The summed E-state index contributed by atoms with van der Waals surface area (Å²) in [5.41, 5.74) is -3.75. The Bertz CT molecular complexity index is 208. The van der Waals surface area contributed by atoms with Gasteiger partial charge in [0.05, 0.1) is 0 Å². The molecule has 90 valence electrons. The molecule has 0 nitrogen and oxygen atoms in total. The summed E-state index contributed by atoms with van der Waals surface area (Å²) >= 11 is 0. The molecular formula is C9H12F6. The van der Waals surface area contributed by atoms with Gasteiger partial charge < -0.3 is 0 Å². The van der Waals surface area contributed by atoms with Crippen LogP contribution in [0.25, 0.3) is 0 Å². The fraction of sp³-hybridized carbons (Fsp3) is 0.778. The highest BCUT2D eigenvalue weighted by Crippen LogP contribution is 2.50. The third-order valence-corrected chi connectivity index (χ3v) is 2.08. The minimum atomic E-state index is -5.32. The van der Waals surface area contributed by atoms with Crippen LogP contribution in [0.4, 0.5) is 26.3 Å².